The number of para-hydroxylation sites is 1. The van der Waals surface area contributed by atoms with Crippen LogP contribution in [-0.2, 0) is 25.4 Å². The van der Waals surface area contributed by atoms with E-state index in [0.29, 0.717) is 33.0 Å². The van der Waals surface area contributed by atoms with Crippen LogP contribution in [0.4, 0.5) is 5.69 Å². The SMILES string of the molecule is COCCOCCOCCNc1ccccc1CCOC. The Morgan fingerprint density at radius 2 is 1.48 bits per heavy atom. The third-order valence-electron chi connectivity index (χ3n) is 2.96. The lowest BCUT2D eigenvalue weighted by Crippen LogP contribution is -2.14. The number of methoxy groups -OCH3 is 2. The highest BCUT2D eigenvalue weighted by molar-refractivity contribution is 5.51. The Morgan fingerprint density at radius 1 is 0.810 bits per heavy atom. The Kier molecular flexibility index (Phi) is 10.7. The molecule has 120 valence electrons. The second kappa shape index (κ2) is 12.6. The molecule has 5 heteroatoms. The summed E-state index contributed by atoms with van der Waals surface area (Å²) < 4.78 is 20.8. The van der Waals surface area contributed by atoms with Crippen LogP contribution in [0.3, 0.4) is 0 Å². The molecule has 0 aliphatic heterocycles. The summed E-state index contributed by atoms with van der Waals surface area (Å²) in [5.41, 5.74) is 2.41. The largest absolute Gasteiger partial charge is 0.384 e. The van der Waals surface area contributed by atoms with E-state index in [-0.39, 0.29) is 0 Å². The summed E-state index contributed by atoms with van der Waals surface area (Å²) in [7, 11) is 3.38. The van der Waals surface area contributed by atoms with Gasteiger partial charge in [-0.05, 0) is 18.1 Å². The van der Waals surface area contributed by atoms with Gasteiger partial charge < -0.3 is 24.3 Å². The zero-order valence-corrected chi connectivity index (χ0v) is 13.1. The van der Waals surface area contributed by atoms with E-state index in [1.807, 2.05) is 12.1 Å². The summed E-state index contributed by atoms with van der Waals surface area (Å²) in [6.07, 6.45) is 0.911. The lowest BCUT2D eigenvalue weighted by atomic mass is 10.1. The molecular weight excluding hydrogens is 270 g/mol. The number of hydrogen-bond donors (Lipinski definition) is 1. The van der Waals surface area contributed by atoms with Gasteiger partial charge in [-0.2, -0.15) is 0 Å². The van der Waals surface area contributed by atoms with Crippen molar-refractivity contribution in [2.24, 2.45) is 0 Å². The van der Waals surface area contributed by atoms with Crippen molar-refractivity contribution in [1.29, 1.82) is 0 Å². The van der Waals surface area contributed by atoms with E-state index in [1.54, 1.807) is 14.2 Å². The highest BCUT2D eigenvalue weighted by Gasteiger charge is 2.00. The van der Waals surface area contributed by atoms with Crippen molar-refractivity contribution in [2.45, 2.75) is 6.42 Å². The average Bonchev–Trinajstić information content (AvgIpc) is 2.52. The van der Waals surface area contributed by atoms with Crippen LogP contribution in [0.15, 0.2) is 24.3 Å². The fraction of sp³-hybridized carbons (Fsp3) is 0.625. The quantitative estimate of drug-likeness (QED) is 0.564. The van der Waals surface area contributed by atoms with E-state index in [2.05, 4.69) is 17.4 Å². The monoisotopic (exact) mass is 297 g/mol. The minimum Gasteiger partial charge on any atom is -0.384 e. The molecule has 0 aromatic heterocycles. The van der Waals surface area contributed by atoms with Gasteiger partial charge in [0, 0.05) is 26.5 Å². The summed E-state index contributed by atoms with van der Waals surface area (Å²) in [4.78, 5) is 0. The first-order chi connectivity index (χ1) is 10.4. The van der Waals surface area contributed by atoms with Crippen LogP contribution in [-0.4, -0.2) is 60.4 Å². The number of benzene rings is 1. The minimum absolute atomic E-state index is 0.605. The summed E-state index contributed by atoms with van der Waals surface area (Å²) >= 11 is 0. The van der Waals surface area contributed by atoms with Crippen LogP contribution in [0.5, 0.6) is 0 Å². The zero-order chi connectivity index (χ0) is 15.2. The Morgan fingerprint density at radius 3 is 2.24 bits per heavy atom. The molecule has 21 heavy (non-hydrogen) atoms. The Bertz CT molecular complexity index is 360. The van der Waals surface area contributed by atoms with E-state index in [9.17, 15) is 0 Å². The normalized spacial score (nSPS) is 10.8. The van der Waals surface area contributed by atoms with Crippen LogP contribution in [0.1, 0.15) is 5.56 Å². The van der Waals surface area contributed by atoms with Crippen molar-refractivity contribution < 1.29 is 18.9 Å². The number of anilines is 1. The molecule has 0 atom stereocenters. The molecule has 0 fully saturated rings. The molecule has 0 aliphatic carbocycles. The predicted molar refractivity (Wildman–Crippen MR) is 84.0 cm³/mol. The van der Waals surface area contributed by atoms with Gasteiger partial charge in [0.1, 0.15) is 0 Å². The van der Waals surface area contributed by atoms with Crippen molar-refractivity contribution >= 4 is 5.69 Å². The van der Waals surface area contributed by atoms with Crippen LogP contribution in [0.2, 0.25) is 0 Å². The maximum atomic E-state index is 5.50. The topological polar surface area (TPSA) is 49.0 Å². The van der Waals surface area contributed by atoms with Crippen LogP contribution < -0.4 is 5.32 Å². The molecule has 0 heterocycles. The van der Waals surface area contributed by atoms with E-state index < -0.39 is 0 Å². The Hall–Kier alpha value is -1.14. The molecule has 1 aromatic rings. The van der Waals surface area contributed by atoms with Crippen LogP contribution >= 0.6 is 0 Å². The lowest BCUT2D eigenvalue weighted by Gasteiger charge is -2.12. The predicted octanol–water partition coefficient (Wildman–Crippen LogP) is 1.97. The Balaban J connectivity index is 2.09. The van der Waals surface area contributed by atoms with Gasteiger partial charge >= 0.3 is 0 Å². The number of hydrogen-bond acceptors (Lipinski definition) is 5. The molecule has 0 bridgehead atoms. The zero-order valence-electron chi connectivity index (χ0n) is 13.1. The third kappa shape index (κ3) is 8.67. The van der Waals surface area contributed by atoms with Gasteiger partial charge in [-0.25, -0.2) is 0 Å². The van der Waals surface area contributed by atoms with E-state index >= 15 is 0 Å². The maximum Gasteiger partial charge on any atom is 0.0701 e. The summed E-state index contributed by atoms with van der Waals surface area (Å²) in [6, 6.07) is 8.28. The number of rotatable bonds is 13. The van der Waals surface area contributed by atoms with Gasteiger partial charge in [0.15, 0.2) is 0 Å². The van der Waals surface area contributed by atoms with E-state index in [0.717, 1.165) is 25.3 Å². The minimum atomic E-state index is 0.605. The first kappa shape index (κ1) is 17.9. The fourth-order valence-electron chi connectivity index (χ4n) is 1.84. The summed E-state index contributed by atoms with van der Waals surface area (Å²) in [5.74, 6) is 0. The van der Waals surface area contributed by atoms with Crippen LogP contribution in [0, 0.1) is 0 Å². The smallest absolute Gasteiger partial charge is 0.0701 e. The number of nitrogens with one attached hydrogen (secondary N) is 1. The molecule has 1 N–H and O–H groups in total. The molecule has 0 unspecified atom stereocenters. The lowest BCUT2D eigenvalue weighted by molar-refractivity contribution is 0.0272. The standard InChI is InChI=1S/C16H27NO4/c1-18-9-7-15-5-3-4-6-16(15)17-8-10-20-13-14-21-12-11-19-2/h3-6,17H,7-14H2,1-2H3. The first-order valence-electron chi connectivity index (χ1n) is 7.33. The van der Waals surface area contributed by atoms with Crippen molar-refractivity contribution in [2.75, 3.05) is 65.7 Å². The van der Waals surface area contributed by atoms with Gasteiger partial charge in [-0.15, -0.1) is 0 Å². The third-order valence-corrected chi connectivity index (χ3v) is 2.96. The fourth-order valence-corrected chi connectivity index (χ4v) is 1.84. The van der Waals surface area contributed by atoms with Crippen LogP contribution in [0.25, 0.3) is 0 Å². The molecule has 0 spiro atoms. The molecule has 0 aliphatic rings. The molecule has 5 nitrogen and oxygen atoms in total. The Labute approximate surface area is 127 Å². The highest BCUT2D eigenvalue weighted by Crippen LogP contribution is 2.15. The van der Waals surface area contributed by atoms with Gasteiger partial charge in [0.2, 0.25) is 0 Å². The van der Waals surface area contributed by atoms with E-state index in [1.165, 1.54) is 5.56 Å². The molecule has 1 aromatic carbocycles. The summed E-state index contributed by atoms with van der Waals surface area (Å²) in [5, 5.41) is 3.39. The second-order valence-electron chi connectivity index (χ2n) is 4.54. The second-order valence-corrected chi connectivity index (χ2v) is 4.54. The molecule has 0 radical (unpaired) electrons. The maximum absolute atomic E-state index is 5.50. The average molecular weight is 297 g/mol. The molecule has 0 saturated heterocycles. The molecular formula is C16H27NO4. The highest BCUT2D eigenvalue weighted by atomic mass is 16.5. The molecule has 1 rings (SSSR count). The van der Waals surface area contributed by atoms with Crippen molar-refractivity contribution in [3.8, 4) is 0 Å². The molecule has 0 amide bonds. The van der Waals surface area contributed by atoms with Crippen molar-refractivity contribution in [3.05, 3.63) is 29.8 Å². The van der Waals surface area contributed by atoms with Gasteiger partial charge in [0.05, 0.1) is 39.6 Å². The van der Waals surface area contributed by atoms with Gasteiger partial charge in [0.25, 0.3) is 0 Å². The van der Waals surface area contributed by atoms with Gasteiger partial charge in [-0.1, -0.05) is 18.2 Å². The van der Waals surface area contributed by atoms with E-state index in [4.69, 9.17) is 18.9 Å². The molecule has 0 saturated carbocycles. The van der Waals surface area contributed by atoms with Crippen molar-refractivity contribution in [3.63, 3.8) is 0 Å². The van der Waals surface area contributed by atoms with Gasteiger partial charge in [-0.3, -0.25) is 0 Å². The first-order valence-corrected chi connectivity index (χ1v) is 7.33. The summed E-state index contributed by atoms with van der Waals surface area (Å²) in [6.45, 7) is 4.62. The number of ether oxygens (including phenoxy) is 4. The van der Waals surface area contributed by atoms with Crippen molar-refractivity contribution in [1.82, 2.24) is 0 Å².